The van der Waals surface area contributed by atoms with Crippen LogP contribution in [0.4, 0.5) is 0 Å². The van der Waals surface area contributed by atoms with E-state index in [-0.39, 0.29) is 11.2 Å². The summed E-state index contributed by atoms with van der Waals surface area (Å²) in [4.78, 5) is 0. The normalized spacial score (nSPS) is 13.2. The topological polar surface area (TPSA) is 18.5 Å². The van der Waals surface area contributed by atoms with Crippen molar-refractivity contribution >= 4 is 0 Å². The Hall–Kier alpha value is -0.0800. The van der Waals surface area contributed by atoms with Gasteiger partial charge in [-0.15, -0.1) is 0 Å². The number of hydrogen-bond acceptors (Lipinski definition) is 2. The summed E-state index contributed by atoms with van der Waals surface area (Å²) in [7, 11) is 0. The number of hydrogen-bond donors (Lipinski definition) is 0. The van der Waals surface area contributed by atoms with E-state index in [9.17, 15) is 0 Å². The van der Waals surface area contributed by atoms with Crippen molar-refractivity contribution in [2.75, 3.05) is 13.2 Å². The van der Waals surface area contributed by atoms with Gasteiger partial charge in [-0.2, -0.15) is 0 Å². The van der Waals surface area contributed by atoms with Gasteiger partial charge in [0, 0.05) is 13.2 Å². The highest BCUT2D eigenvalue weighted by Crippen LogP contribution is 2.14. The fraction of sp³-hybridized carbons (Fsp3) is 1.00. The third kappa shape index (κ3) is 10.2. The summed E-state index contributed by atoms with van der Waals surface area (Å²) in [5.74, 6) is 0. The van der Waals surface area contributed by atoms with E-state index in [1.165, 1.54) is 0 Å². The molecule has 0 radical (unpaired) electrons. The lowest BCUT2D eigenvalue weighted by molar-refractivity contribution is -0.0328. The highest BCUT2D eigenvalue weighted by molar-refractivity contribution is 4.65. The van der Waals surface area contributed by atoms with E-state index in [2.05, 4.69) is 41.5 Å². The Labute approximate surface area is 95.3 Å². The van der Waals surface area contributed by atoms with Crippen LogP contribution in [0.2, 0.25) is 0 Å². The molecule has 0 unspecified atom stereocenters. The molecule has 15 heavy (non-hydrogen) atoms. The minimum absolute atomic E-state index is 0.0104. The predicted octanol–water partition coefficient (Wildman–Crippen LogP) is 3.79. The van der Waals surface area contributed by atoms with Crippen LogP contribution in [0.3, 0.4) is 0 Å². The van der Waals surface area contributed by atoms with Gasteiger partial charge in [0.1, 0.15) is 0 Å². The van der Waals surface area contributed by atoms with E-state index in [1.54, 1.807) is 0 Å². The lowest BCUT2D eigenvalue weighted by Crippen LogP contribution is -2.24. The van der Waals surface area contributed by atoms with Crippen molar-refractivity contribution in [1.82, 2.24) is 0 Å². The molecule has 0 fully saturated rings. The van der Waals surface area contributed by atoms with Crippen LogP contribution in [0.5, 0.6) is 0 Å². The zero-order valence-corrected chi connectivity index (χ0v) is 11.4. The van der Waals surface area contributed by atoms with E-state index in [4.69, 9.17) is 9.47 Å². The summed E-state index contributed by atoms with van der Waals surface area (Å²) in [5, 5.41) is 0. The second kappa shape index (κ2) is 6.49. The van der Waals surface area contributed by atoms with Gasteiger partial charge in [-0.1, -0.05) is 6.92 Å². The van der Waals surface area contributed by atoms with Crippen LogP contribution in [0, 0.1) is 0 Å². The van der Waals surface area contributed by atoms with Gasteiger partial charge >= 0.3 is 0 Å². The molecule has 0 aliphatic rings. The third-order valence-electron chi connectivity index (χ3n) is 2.42. The lowest BCUT2D eigenvalue weighted by Gasteiger charge is -2.24. The molecule has 0 aliphatic heterocycles. The molecule has 0 heterocycles. The summed E-state index contributed by atoms with van der Waals surface area (Å²) in [6.07, 6.45) is 3.22. The molecule has 0 amide bonds. The van der Waals surface area contributed by atoms with Gasteiger partial charge in [0.05, 0.1) is 11.2 Å². The van der Waals surface area contributed by atoms with Crippen molar-refractivity contribution in [3.05, 3.63) is 0 Å². The monoisotopic (exact) mass is 216 g/mol. The van der Waals surface area contributed by atoms with Crippen molar-refractivity contribution in [2.24, 2.45) is 0 Å². The molecule has 0 aromatic heterocycles. The summed E-state index contributed by atoms with van der Waals surface area (Å²) < 4.78 is 11.4. The maximum atomic E-state index is 5.76. The fourth-order valence-electron chi connectivity index (χ4n) is 1.03. The first kappa shape index (κ1) is 14.9. The second-order valence-corrected chi connectivity index (χ2v) is 5.63. The summed E-state index contributed by atoms with van der Waals surface area (Å²) in [5.41, 5.74) is 0.0223. The first-order valence-corrected chi connectivity index (χ1v) is 6.05. The van der Waals surface area contributed by atoms with E-state index in [0.29, 0.717) is 0 Å². The van der Waals surface area contributed by atoms with Crippen LogP contribution in [-0.4, -0.2) is 24.4 Å². The summed E-state index contributed by atoms with van der Waals surface area (Å²) >= 11 is 0. The Balaban J connectivity index is 3.33. The number of ether oxygens (including phenoxy) is 2. The van der Waals surface area contributed by atoms with Crippen LogP contribution in [0.15, 0.2) is 0 Å². The predicted molar refractivity (Wildman–Crippen MR) is 65.3 cm³/mol. The molecule has 0 atom stereocenters. The Morgan fingerprint density at radius 3 is 1.67 bits per heavy atom. The molecule has 0 aromatic carbocycles. The molecule has 0 aromatic rings. The minimum Gasteiger partial charge on any atom is -0.376 e. The third-order valence-corrected chi connectivity index (χ3v) is 2.42. The van der Waals surface area contributed by atoms with E-state index in [0.717, 1.165) is 32.5 Å². The van der Waals surface area contributed by atoms with Crippen molar-refractivity contribution in [2.45, 2.75) is 72.0 Å². The highest BCUT2D eigenvalue weighted by atomic mass is 16.5. The van der Waals surface area contributed by atoms with Crippen molar-refractivity contribution in [3.8, 4) is 0 Å². The molecule has 0 spiro atoms. The largest absolute Gasteiger partial charge is 0.376 e. The van der Waals surface area contributed by atoms with E-state index < -0.39 is 0 Å². The first-order valence-electron chi connectivity index (χ1n) is 6.05. The van der Waals surface area contributed by atoms with E-state index >= 15 is 0 Å². The second-order valence-electron chi connectivity index (χ2n) is 5.63. The lowest BCUT2D eigenvalue weighted by atomic mass is 10.1. The van der Waals surface area contributed by atoms with Gasteiger partial charge in [-0.05, 0) is 53.9 Å². The number of unbranched alkanes of at least 4 members (excludes halogenated alkanes) is 1. The zero-order valence-electron chi connectivity index (χ0n) is 11.4. The first-order chi connectivity index (χ1) is 6.77. The molecule has 0 N–H and O–H groups in total. The average Bonchev–Trinajstić information content (AvgIpc) is 2.09. The molecule has 2 heteroatoms. The van der Waals surface area contributed by atoms with Crippen molar-refractivity contribution < 1.29 is 9.47 Å². The standard InChI is InChI=1S/C13H28O2/c1-7-13(5,6)15-11-9-8-10-14-12(2,3)4/h7-11H2,1-6H3. The van der Waals surface area contributed by atoms with Gasteiger partial charge in [0.15, 0.2) is 0 Å². The molecule has 92 valence electrons. The van der Waals surface area contributed by atoms with Gasteiger partial charge in [-0.25, -0.2) is 0 Å². The van der Waals surface area contributed by atoms with Crippen LogP contribution in [-0.2, 0) is 9.47 Å². The SMILES string of the molecule is CCC(C)(C)OCCCCOC(C)(C)C. The molecule has 2 nitrogen and oxygen atoms in total. The number of rotatable bonds is 7. The van der Waals surface area contributed by atoms with Crippen molar-refractivity contribution in [3.63, 3.8) is 0 Å². The van der Waals surface area contributed by atoms with Gasteiger partial charge in [0.25, 0.3) is 0 Å². The Morgan fingerprint density at radius 2 is 1.27 bits per heavy atom. The molecule has 0 saturated heterocycles. The smallest absolute Gasteiger partial charge is 0.0623 e. The summed E-state index contributed by atoms with van der Waals surface area (Å²) in [6.45, 7) is 14.4. The molecule has 0 bridgehead atoms. The van der Waals surface area contributed by atoms with Crippen molar-refractivity contribution in [1.29, 1.82) is 0 Å². The quantitative estimate of drug-likeness (QED) is 0.603. The Kier molecular flexibility index (Phi) is 6.46. The molecule has 0 aliphatic carbocycles. The van der Waals surface area contributed by atoms with Gasteiger partial charge in [0.2, 0.25) is 0 Å². The van der Waals surface area contributed by atoms with Crippen LogP contribution in [0.1, 0.15) is 60.8 Å². The minimum atomic E-state index is -0.0104. The van der Waals surface area contributed by atoms with Gasteiger partial charge in [-0.3, -0.25) is 0 Å². The Bertz CT molecular complexity index is 156. The molecular weight excluding hydrogens is 188 g/mol. The maximum absolute atomic E-state index is 5.76. The summed E-state index contributed by atoms with van der Waals surface area (Å²) in [6, 6.07) is 0. The maximum Gasteiger partial charge on any atom is 0.0623 e. The highest BCUT2D eigenvalue weighted by Gasteiger charge is 2.14. The molecule has 0 saturated carbocycles. The van der Waals surface area contributed by atoms with Crippen LogP contribution >= 0.6 is 0 Å². The Morgan fingerprint density at radius 1 is 0.800 bits per heavy atom. The average molecular weight is 216 g/mol. The van der Waals surface area contributed by atoms with E-state index in [1.807, 2.05) is 0 Å². The molecular formula is C13H28O2. The van der Waals surface area contributed by atoms with Crippen LogP contribution in [0.25, 0.3) is 0 Å². The zero-order chi connectivity index (χ0) is 11.9. The van der Waals surface area contributed by atoms with Gasteiger partial charge < -0.3 is 9.47 Å². The molecule has 0 rings (SSSR count). The van der Waals surface area contributed by atoms with Crippen LogP contribution < -0.4 is 0 Å². The fourth-order valence-corrected chi connectivity index (χ4v) is 1.03.